The van der Waals surface area contributed by atoms with Crippen molar-refractivity contribution in [2.75, 3.05) is 0 Å². The number of nitro groups is 1. The van der Waals surface area contributed by atoms with Crippen molar-refractivity contribution in [2.24, 2.45) is 0 Å². The molecular formula is C21H20N4O6. The minimum atomic E-state index is -1.04. The van der Waals surface area contributed by atoms with Crippen LogP contribution >= 0.6 is 0 Å². The Morgan fingerprint density at radius 1 is 1.19 bits per heavy atom. The van der Waals surface area contributed by atoms with Crippen LogP contribution in [0.4, 0.5) is 5.69 Å². The van der Waals surface area contributed by atoms with Crippen LogP contribution in [0.15, 0.2) is 59.7 Å². The van der Waals surface area contributed by atoms with E-state index in [1.165, 1.54) is 6.07 Å². The van der Waals surface area contributed by atoms with Gasteiger partial charge in [-0.25, -0.2) is 4.98 Å². The van der Waals surface area contributed by atoms with E-state index in [0.717, 1.165) is 24.0 Å². The number of benzene rings is 2. The van der Waals surface area contributed by atoms with E-state index in [1.54, 1.807) is 6.92 Å². The smallest absolute Gasteiger partial charge is 0.310 e. The first-order chi connectivity index (χ1) is 14.8. The Kier molecular flexibility index (Phi) is 6.29. The molecule has 2 atom stereocenters. The molecular weight excluding hydrogens is 404 g/mol. The van der Waals surface area contributed by atoms with Crippen LogP contribution in [0.25, 0.3) is 0 Å². The molecule has 1 amide bonds. The summed E-state index contributed by atoms with van der Waals surface area (Å²) in [4.78, 5) is 41.6. The highest BCUT2D eigenvalue weighted by atomic mass is 16.6. The zero-order chi connectivity index (χ0) is 22.5. The minimum absolute atomic E-state index is 0.195. The molecule has 3 rings (SSSR count). The second-order valence-electron chi connectivity index (χ2n) is 6.93. The standard InChI is InChI=1S/C21H20N4O6/c1-12(13-5-3-2-4-6-13)24-18(27)10-15(19-20(28)22-11-23-21(19)29)14-7-8-17(26)16(9-14)25(30)31/h2-9,11-12,15,26H,10H2,1H3,(H,24,27)(H2,22,23,28,29)/t12-,15?/m0/s1. The van der Waals surface area contributed by atoms with Crippen LogP contribution < -0.4 is 10.9 Å². The summed E-state index contributed by atoms with van der Waals surface area (Å²) in [5.41, 5.74) is -0.405. The molecule has 1 heterocycles. The molecule has 0 bridgehead atoms. The SMILES string of the molecule is C[C@H](NC(=O)CC(c1ccc(O)c([N+](=O)[O-])c1)c1c(O)nc[nH]c1=O)c1ccccc1. The quantitative estimate of drug-likeness (QED) is 0.335. The predicted octanol–water partition coefficient (Wildman–Crippen LogP) is 2.49. The average molecular weight is 424 g/mol. The molecule has 10 heteroatoms. The lowest BCUT2D eigenvalue weighted by atomic mass is 9.88. The number of nitrogens with one attached hydrogen (secondary N) is 2. The maximum absolute atomic E-state index is 12.8. The summed E-state index contributed by atoms with van der Waals surface area (Å²) in [6.07, 6.45) is 0.719. The number of H-pyrrole nitrogens is 1. The maximum Gasteiger partial charge on any atom is 0.310 e. The summed E-state index contributed by atoms with van der Waals surface area (Å²) in [7, 11) is 0. The van der Waals surface area contributed by atoms with Crippen molar-refractivity contribution in [1.29, 1.82) is 0 Å². The number of phenols is 1. The van der Waals surface area contributed by atoms with Gasteiger partial charge in [0, 0.05) is 18.4 Å². The van der Waals surface area contributed by atoms with E-state index >= 15 is 0 Å². The number of hydrogen-bond donors (Lipinski definition) is 4. The largest absolute Gasteiger partial charge is 0.502 e. The Morgan fingerprint density at radius 3 is 2.55 bits per heavy atom. The van der Waals surface area contributed by atoms with Crippen LogP contribution in [0.5, 0.6) is 11.6 Å². The van der Waals surface area contributed by atoms with Gasteiger partial charge in [-0.3, -0.25) is 19.7 Å². The second-order valence-corrected chi connectivity index (χ2v) is 6.93. The van der Waals surface area contributed by atoms with E-state index in [4.69, 9.17) is 0 Å². The Balaban J connectivity index is 1.97. The summed E-state index contributed by atoms with van der Waals surface area (Å²) in [6, 6.07) is 12.4. The van der Waals surface area contributed by atoms with Crippen LogP contribution in [-0.2, 0) is 4.79 Å². The third-order valence-electron chi connectivity index (χ3n) is 4.88. The fourth-order valence-corrected chi connectivity index (χ4v) is 3.32. The van der Waals surface area contributed by atoms with Crippen molar-refractivity contribution in [2.45, 2.75) is 25.3 Å². The van der Waals surface area contributed by atoms with Gasteiger partial charge in [0.15, 0.2) is 5.75 Å². The number of carbonyl (C=O) groups is 1. The molecule has 0 saturated carbocycles. The van der Waals surface area contributed by atoms with E-state index in [9.17, 15) is 29.9 Å². The van der Waals surface area contributed by atoms with Crippen molar-refractivity contribution in [3.63, 3.8) is 0 Å². The zero-order valence-corrected chi connectivity index (χ0v) is 16.5. The number of aromatic nitrogens is 2. The van der Waals surface area contributed by atoms with Crippen LogP contribution in [-0.4, -0.2) is 31.0 Å². The lowest BCUT2D eigenvalue weighted by molar-refractivity contribution is -0.385. The molecule has 0 aliphatic carbocycles. The second kappa shape index (κ2) is 9.08. The monoisotopic (exact) mass is 424 g/mol. The normalized spacial score (nSPS) is 12.7. The Bertz CT molecular complexity index is 1160. The van der Waals surface area contributed by atoms with Gasteiger partial charge >= 0.3 is 5.69 Å². The molecule has 0 radical (unpaired) electrons. The fraction of sp³-hybridized carbons (Fsp3) is 0.190. The molecule has 160 valence electrons. The third kappa shape index (κ3) is 4.86. The maximum atomic E-state index is 12.8. The number of nitro benzene ring substituents is 1. The van der Waals surface area contributed by atoms with Gasteiger partial charge < -0.3 is 20.5 Å². The van der Waals surface area contributed by atoms with Gasteiger partial charge in [0.05, 0.1) is 22.9 Å². The molecule has 10 nitrogen and oxygen atoms in total. The number of phenolic OH excluding ortho intramolecular Hbond substituents is 1. The van der Waals surface area contributed by atoms with Gasteiger partial charge in [0.25, 0.3) is 5.56 Å². The fourth-order valence-electron chi connectivity index (χ4n) is 3.32. The summed E-state index contributed by atoms with van der Waals surface area (Å²) >= 11 is 0. The van der Waals surface area contributed by atoms with E-state index < -0.39 is 39.6 Å². The average Bonchev–Trinajstić information content (AvgIpc) is 2.73. The minimum Gasteiger partial charge on any atom is -0.502 e. The van der Waals surface area contributed by atoms with Gasteiger partial charge in [-0.2, -0.15) is 0 Å². The van der Waals surface area contributed by atoms with E-state index in [1.807, 2.05) is 30.3 Å². The molecule has 0 aliphatic heterocycles. The van der Waals surface area contributed by atoms with Gasteiger partial charge in [0.1, 0.15) is 0 Å². The Morgan fingerprint density at radius 2 is 1.90 bits per heavy atom. The first-order valence-electron chi connectivity index (χ1n) is 9.36. The number of hydrogen-bond acceptors (Lipinski definition) is 7. The molecule has 2 aromatic carbocycles. The summed E-state index contributed by atoms with van der Waals surface area (Å²) < 4.78 is 0. The Hall–Kier alpha value is -4.21. The van der Waals surface area contributed by atoms with Crippen molar-refractivity contribution < 1.29 is 19.9 Å². The summed E-state index contributed by atoms with van der Waals surface area (Å²) in [5.74, 6) is -2.63. The van der Waals surface area contributed by atoms with Gasteiger partial charge in [-0.05, 0) is 24.1 Å². The van der Waals surface area contributed by atoms with Crippen molar-refractivity contribution in [1.82, 2.24) is 15.3 Å². The van der Waals surface area contributed by atoms with E-state index in [2.05, 4.69) is 15.3 Å². The van der Waals surface area contributed by atoms with E-state index in [0.29, 0.717) is 0 Å². The van der Waals surface area contributed by atoms with E-state index in [-0.39, 0.29) is 23.6 Å². The number of nitrogens with zero attached hydrogens (tertiary/aromatic N) is 2. The van der Waals surface area contributed by atoms with Crippen molar-refractivity contribution >= 4 is 11.6 Å². The molecule has 1 aromatic heterocycles. The highest BCUT2D eigenvalue weighted by Crippen LogP contribution is 2.35. The molecule has 0 saturated heterocycles. The van der Waals surface area contributed by atoms with Crippen LogP contribution in [0.1, 0.15) is 42.0 Å². The molecule has 0 spiro atoms. The third-order valence-corrected chi connectivity index (χ3v) is 4.88. The zero-order valence-electron chi connectivity index (χ0n) is 16.5. The predicted molar refractivity (Wildman–Crippen MR) is 111 cm³/mol. The molecule has 0 aliphatic rings. The van der Waals surface area contributed by atoms with Crippen molar-refractivity contribution in [3.05, 3.63) is 92.0 Å². The number of amides is 1. The number of aromatic hydroxyl groups is 2. The van der Waals surface area contributed by atoms with Gasteiger partial charge in [-0.15, -0.1) is 0 Å². The van der Waals surface area contributed by atoms with Crippen LogP contribution in [0.2, 0.25) is 0 Å². The first kappa shape index (κ1) is 21.5. The highest BCUT2D eigenvalue weighted by Gasteiger charge is 2.28. The lowest BCUT2D eigenvalue weighted by Gasteiger charge is -2.20. The first-order valence-corrected chi connectivity index (χ1v) is 9.36. The van der Waals surface area contributed by atoms with Crippen molar-refractivity contribution in [3.8, 4) is 11.6 Å². The number of carbonyl (C=O) groups excluding carboxylic acids is 1. The summed E-state index contributed by atoms with van der Waals surface area (Å²) in [6.45, 7) is 1.79. The molecule has 0 fully saturated rings. The van der Waals surface area contributed by atoms with Gasteiger partial charge in [0.2, 0.25) is 11.8 Å². The molecule has 31 heavy (non-hydrogen) atoms. The number of aromatic amines is 1. The highest BCUT2D eigenvalue weighted by molar-refractivity contribution is 5.78. The molecule has 4 N–H and O–H groups in total. The Labute approximate surface area is 176 Å². The van der Waals surface area contributed by atoms with Gasteiger partial charge in [-0.1, -0.05) is 36.4 Å². The summed E-state index contributed by atoms with van der Waals surface area (Å²) in [5, 5.41) is 34.0. The van der Waals surface area contributed by atoms with Crippen LogP contribution in [0, 0.1) is 10.1 Å². The topological polar surface area (TPSA) is 158 Å². The molecule has 1 unspecified atom stereocenters. The van der Waals surface area contributed by atoms with Crippen LogP contribution in [0.3, 0.4) is 0 Å². The lowest BCUT2D eigenvalue weighted by Crippen LogP contribution is -2.29. The molecule has 3 aromatic rings. The number of rotatable bonds is 7.